The molecule has 3 aliphatic rings. The Morgan fingerprint density at radius 3 is 2.26 bits per heavy atom. The lowest BCUT2D eigenvalue weighted by Gasteiger charge is -2.40. The van der Waals surface area contributed by atoms with Crippen LogP contribution in [0.3, 0.4) is 0 Å². The van der Waals surface area contributed by atoms with Crippen molar-refractivity contribution in [1.82, 2.24) is 5.32 Å². The van der Waals surface area contributed by atoms with Crippen molar-refractivity contribution in [1.29, 1.82) is 0 Å². The smallest absolute Gasteiger partial charge is 0.00980 e. The van der Waals surface area contributed by atoms with Gasteiger partial charge in [0.25, 0.3) is 0 Å². The molecule has 0 bridgehead atoms. The molecule has 19 heavy (non-hydrogen) atoms. The minimum atomic E-state index is 0.859. The summed E-state index contributed by atoms with van der Waals surface area (Å²) in [7, 11) is 0. The van der Waals surface area contributed by atoms with Crippen LogP contribution in [-0.4, -0.2) is 12.6 Å². The highest BCUT2D eigenvalue weighted by molar-refractivity contribution is 4.88. The standard InChI is InChI=1S/C18H33N/c1-14(15-11-12-15)13-19-18-10-6-5-9-17(18)16-7-3-2-4-8-16/h14-19H,2-13H2,1H3. The average molecular weight is 263 g/mol. The van der Waals surface area contributed by atoms with Crippen LogP contribution in [0.15, 0.2) is 0 Å². The fourth-order valence-electron chi connectivity index (χ4n) is 4.71. The lowest BCUT2D eigenvalue weighted by Crippen LogP contribution is -2.44. The monoisotopic (exact) mass is 263 g/mol. The van der Waals surface area contributed by atoms with E-state index in [1.165, 1.54) is 77.2 Å². The maximum atomic E-state index is 3.99. The summed E-state index contributed by atoms with van der Waals surface area (Å²) in [6, 6.07) is 0.859. The molecule has 3 rings (SSSR count). The largest absolute Gasteiger partial charge is 0.313 e. The van der Waals surface area contributed by atoms with Crippen LogP contribution in [0.1, 0.15) is 77.6 Å². The van der Waals surface area contributed by atoms with Crippen molar-refractivity contribution in [3.63, 3.8) is 0 Å². The zero-order chi connectivity index (χ0) is 13.1. The van der Waals surface area contributed by atoms with E-state index in [2.05, 4.69) is 12.2 Å². The molecule has 0 heterocycles. The van der Waals surface area contributed by atoms with E-state index in [4.69, 9.17) is 0 Å². The first-order chi connectivity index (χ1) is 9.34. The molecule has 3 aliphatic carbocycles. The molecule has 0 aromatic heterocycles. The molecular weight excluding hydrogens is 230 g/mol. The molecule has 3 fully saturated rings. The van der Waals surface area contributed by atoms with Gasteiger partial charge >= 0.3 is 0 Å². The van der Waals surface area contributed by atoms with E-state index >= 15 is 0 Å². The van der Waals surface area contributed by atoms with E-state index in [0.717, 1.165) is 29.7 Å². The second-order valence-corrected chi connectivity index (χ2v) is 7.68. The maximum absolute atomic E-state index is 3.99. The highest BCUT2D eigenvalue weighted by atomic mass is 14.9. The van der Waals surface area contributed by atoms with E-state index in [0.29, 0.717) is 0 Å². The molecule has 3 atom stereocenters. The van der Waals surface area contributed by atoms with Crippen molar-refractivity contribution in [2.24, 2.45) is 23.7 Å². The van der Waals surface area contributed by atoms with Gasteiger partial charge in [0, 0.05) is 6.04 Å². The molecule has 1 heteroatoms. The summed E-state index contributed by atoms with van der Waals surface area (Å²) in [6.07, 6.45) is 16.5. The predicted octanol–water partition coefficient (Wildman–Crippen LogP) is 4.76. The third-order valence-electron chi connectivity index (χ3n) is 6.20. The summed E-state index contributed by atoms with van der Waals surface area (Å²) in [5.41, 5.74) is 0. The number of nitrogens with one attached hydrogen (secondary N) is 1. The molecule has 1 nitrogen and oxygen atoms in total. The Hall–Kier alpha value is -0.0400. The fourth-order valence-corrected chi connectivity index (χ4v) is 4.71. The number of hydrogen-bond donors (Lipinski definition) is 1. The lowest BCUT2D eigenvalue weighted by atomic mass is 9.71. The Bertz CT molecular complexity index is 265. The molecule has 110 valence electrons. The summed E-state index contributed by atoms with van der Waals surface area (Å²) < 4.78 is 0. The van der Waals surface area contributed by atoms with Gasteiger partial charge in [-0.1, -0.05) is 51.9 Å². The van der Waals surface area contributed by atoms with Crippen molar-refractivity contribution in [3.05, 3.63) is 0 Å². The van der Waals surface area contributed by atoms with Gasteiger partial charge in [0.15, 0.2) is 0 Å². The predicted molar refractivity (Wildman–Crippen MR) is 82.2 cm³/mol. The molecule has 0 amide bonds. The van der Waals surface area contributed by atoms with Crippen molar-refractivity contribution in [3.8, 4) is 0 Å². The van der Waals surface area contributed by atoms with Gasteiger partial charge in [-0.3, -0.25) is 0 Å². The molecule has 3 unspecified atom stereocenters. The quantitative estimate of drug-likeness (QED) is 0.754. The summed E-state index contributed by atoms with van der Waals surface area (Å²) in [5, 5.41) is 3.99. The van der Waals surface area contributed by atoms with Crippen LogP contribution in [0.4, 0.5) is 0 Å². The average Bonchev–Trinajstić information content (AvgIpc) is 3.31. The number of rotatable bonds is 5. The summed E-state index contributed by atoms with van der Waals surface area (Å²) in [4.78, 5) is 0. The highest BCUT2D eigenvalue weighted by Crippen LogP contribution is 2.39. The Morgan fingerprint density at radius 2 is 1.53 bits per heavy atom. The third-order valence-corrected chi connectivity index (χ3v) is 6.20. The number of hydrogen-bond acceptors (Lipinski definition) is 1. The van der Waals surface area contributed by atoms with E-state index in [1.807, 2.05) is 0 Å². The van der Waals surface area contributed by atoms with Gasteiger partial charge in [0.1, 0.15) is 0 Å². The van der Waals surface area contributed by atoms with E-state index < -0.39 is 0 Å². The normalized spacial score (nSPS) is 35.2. The molecule has 0 aliphatic heterocycles. The van der Waals surface area contributed by atoms with Crippen molar-refractivity contribution < 1.29 is 0 Å². The van der Waals surface area contributed by atoms with Crippen LogP contribution in [0.25, 0.3) is 0 Å². The van der Waals surface area contributed by atoms with Gasteiger partial charge in [0.05, 0.1) is 0 Å². The van der Waals surface area contributed by atoms with Gasteiger partial charge in [0.2, 0.25) is 0 Å². The first-order valence-corrected chi connectivity index (χ1v) is 9.08. The van der Waals surface area contributed by atoms with Crippen LogP contribution in [0.2, 0.25) is 0 Å². The Kier molecular flexibility index (Phi) is 4.84. The molecule has 0 radical (unpaired) electrons. The molecule has 0 saturated heterocycles. The second-order valence-electron chi connectivity index (χ2n) is 7.68. The van der Waals surface area contributed by atoms with E-state index in [9.17, 15) is 0 Å². The maximum Gasteiger partial charge on any atom is 0.00980 e. The molecule has 0 spiro atoms. The van der Waals surface area contributed by atoms with Gasteiger partial charge in [-0.2, -0.15) is 0 Å². The van der Waals surface area contributed by atoms with E-state index in [1.54, 1.807) is 0 Å². The van der Waals surface area contributed by atoms with Crippen molar-refractivity contribution >= 4 is 0 Å². The minimum Gasteiger partial charge on any atom is -0.313 e. The minimum absolute atomic E-state index is 0.859. The summed E-state index contributed by atoms with van der Waals surface area (Å²) >= 11 is 0. The Morgan fingerprint density at radius 1 is 0.842 bits per heavy atom. The van der Waals surface area contributed by atoms with Gasteiger partial charge in [-0.15, -0.1) is 0 Å². The van der Waals surface area contributed by atoms with Crippen LogP contribution in [0, 0.1) is 23.7 Å². The van der Waals surface area contributed by atoms with Gasteiger partial charge in [-0.25, -0.2) is 0 Å². The zero-order valence-electron chi connectivity index (χ0n) is 12.9. The molecule has 1 N–H and O–H groups in total. The third kappa shape index (κ3) is 3.74. The van der Waals surface area contributed by atoms with Crippen LogP contribution >= 0.6 is 0 Å². The van der Waals surface area contributed by atoms with Crippen LogP contribution in [-0.2, 0) is 0 Å². The first kappa shape index (κ1) is 13.9. The van der Waals surface area contributed by atoms with Gasteiger partial charge in [-0.05, 0) is 55.9 Å². The highest BCUT2D eigenvalue weighted by Gasteiger charge is 2.33. The Labute approximate surface area is 119 Å². The van der Waals surface area contributed by atoms with Crippen molar-refractivity contribution in [2.45, 2.75) is 83.6 Å². The molecular formula is C18H33N. The second kappa shape index (κ2) is 6.61. The Balaban J connectivity index is 1.50. The zero-order valence-corrected chi connectivity index (χ0v) is 12.9. The van der Waals surface area contributed by atoms with Gasteiger partial charge < -0.3 is 5.32 Å². The van der Waals surface area contributed by atoms with Crippen LogP contribution < -0.4 is 5.32 Å². The van der Waals surface area contributed by atoms with Crippen molar-refractivity contribution in [2.75, 3.05) is 6.54 Å². The molecule has 3 saturated carbocycles. The lowest BCUT2D eigenvalue weighted by molar-refractivity contribution is 0.146. The SMILES string of the molecule is CC(CNC1CCCCC1C1CCCCC1)C1CC1. The molecule has 0 aromatic carbocycles. The van der Waals surface area contributed by atoms with E-state index in [-0.39, 0.29) is 0 Å². The van der Waals surface area contributed by atoms with Crippen LogP contribution in [0.5, 0.6) is 0 Å². The fraction of sp³-hybridized carbons (Fsp3) is 1.00. The topological polar surface area (TPSA) is 12.0 Å². The summed E-state index contributed by atoms with van der Waals surface area (Å²) in [5.74, 6) is 4.06. The summed E-state index contributed by atoms with van der Waals surface area (Å²) in [6.45, 7) is 3.75. The first-order valence-electron chi connectivity index (χ1n) is 9.08. The molecule has 0 aromatic rings.